The first-order valence-corrected chi connectivity index (χ1v) is 9.76. The number of fused-ring (bicyclic) bond motifs is 1. The number of benzene rings is 1. The number of ether oxygens (including phenoxy) is 1. The summed E-state index contributed by atoms with van der Waals surface area (Å²) in [5, 5.41) is 11.5. The van der Waals surface area contributed by atoms with Crippen molar-refractivity contribution in [2.75, 3.05) is 19.8 Å². The molecule has 1 aliphatic carbocycles. The van der Waals surface area contributed by atoms with E-state index in [1.807, 2.05) is 11.1 Å². The van der Waals surface area contributed by atoms with E-state index in [2.05, 4.69) is 30.1 Å². The van der Waals surface area contributed by atoms with Gasteiger partial charge < -0.3 is 19.7 Å². The minimum Gasteiger partial charge on any atom is -0.393 e. The van der Waals surface area contributed by atoms with Gasteiger partial charge in [-0.05, 0) is 37.3 Å². The summed E-state index contributed by atoms with van der Waals surface area (Å²) < 4.78 is 5.63. The average Bonchev–Trinajstić information content (AvgIpc) is 3.26. The lowest BCUT2D eigenvalue weighted by atomic mass is 9.93. The van der Waals surface area contributed by atoms with Crippen molar-refractivity contribution in [1.82, 2.24) is 9.88 Å². The number of amides is 1. The molecule has 2 N–H and O–H groups in total. The lowest BCUT2D eigenvalue weighted by Crippen LogP contribution is -2.53. The van der Waals surface area contributed by atoms with Crippen molar-refractivity contribution in [3.63, 3.8) is 0 Å². The number of hydrogen-bond donors (Lipinski definition) is 2. The standard InChI is InChI=1S/C21H28N2O3/c1-14-4-2-5-16-15(12-22-21(14)16)8-9-20(25)23-10-11-26-13-18(23)17-6-3-7-19(17)24/h2,4-5,12,17-19,22,24H,3,6-11,13H2,1H3/t17-,18-,19+/m1/s1. The molecule has 2 aliphatic rings. The largest absolute Gasteiger partial charge is 0.393 e. The molecule has 1 aromatic heterocycles. The zero-order valence-corrected chi connectivity index (χ0v) is 15.4. The summed E-state index contributed by atoms with van der Waals surface area (Å²) >= 11 is 0. The Labute approximate surface area is 154 Å². The van der Waals surface area contributed by atoms with Crippen LogP contribution in [0.2, 0.25) is 0 Å². The zero-order valence-electron chi connectivity index (χ0n) is 15.4. The van der Waals surface area contributed by atoms with Gasteiger partial charge in [0, 0.05) is 36.0 Å². The molecule has 1 amide bonds. The summed E-state index contributed by atoms with van der Waals surface area (Å²) in [6.07, 6.45) is 5.84. The first-order chi connectivity index (χ1) is 12.6. The fourth-order valence-corrected chi connectivity index (χ4v) is 4.66. The summed E-state index contributed by atoms with van der Waals surface area (Å²) in [7, 11) is 0. The number of aryl methyl sites for hydroxylation is 2. The second kappa shape index (κ2) is 7.41. The number of H-pyrrole nitrogens is 1. The molecule has 1 saturated heterocycles. The predicted octanol–water partition coefficient (Wildman–Crippen LogP) is 2.80. The van der Waals surface area contributed by atoms with E-state index in [9.17, 15) is 9.90 Å². The molecule has 26 heavy (non-hydrogen) atoms. The van der Waals surface area contributed by atoms with Crippen molar-refractivity contribution in [2.45, 2.75) is 51.2 Å². The molecular weight excluding hydrogens is 328 g/mol. The Morgan fingerprint density at radius 1 is 1.38 bits per heavy atom. The van der Waals surface area contributed by atoms with Crippen molar-refractivity contribution in [3.05, 3.63) is 35.5 Å². The van der Waals surface area contributed by atoms with E-state index in [0.29, 0.717) is 26.2 Å². The molecule has 1 aliphatic heterocycles. The summed E-state index contributed by atoms with van der Waals surface area (Å²) in [6, 6.07) is 6.30. The van der Waals surface area contributed by atoms with Gasteiger partial charge in [-0.2, -0.15) is 0 Å². The van der Waals surface area contributed by atoms with E-state index in [0.717, 1.165) is 31.2 Å². The highest BCUT2D eigenvalue weighted by atomic mass is 16.5. The molecule has 140 valence electrons. The second-order valence-electron chi connectivity index (χ2n) is 7.70. The Morgan fingerprint density at radius 2 is 2.27 bits per heavy atom. The summed E-state index contributed by atoms with van der Waals surface area (Å²) in [5.74, 6) is 0.342. The van der Waals surface area contributed by atoms with Crippen LogP contribution in [0.1, 0.15) is 36.8 Å². The minimum absolute atomic E-state index is 0.0268. The lowest BCUT2D eigenvalue weighted by molar-refractivity contribution is -0.143. The van der Waals surface area contributed by atoms with Crippen molar-refractivity contribution in [2.24, 2.45) is 5.92 Å². The number of carbonyl (C=O) groups excluding carboxylic acids is 1. The summed E-state index contributed by atoms with van der Waals surface area (Å²) in [4.78, 5) is 18.3. The molecule has 0 spiro atoms. The first kappa shape index (κ1) is 17.6. The highest BCUT2D eigenvalue weighted by molar-refractivity contribution is 5.86. The Morgan fingerprint density at radius 3 is 3.08 bits per heavy atom. The van der Waals surface area contributed by atoms with Crippen molar-refractivity contribution < 1.29 is 14.6 Å². The summed E-state index contributed by atoms with van der Waals surface area (Å²) in [5.41, 5.74) is 3.58. The van der Waals surface area contributed by atoms with E-state index in [-0.39, 0.29) is 24.0 Å². The van der Waals surface area contributed by atoms with Crippen molar-refractivity contribution in [3.8, 4) is 0 Å². The lowest BCUT2D eigenvalue weighted by Gasteiger charge is -2.40. The Balaban J connectivity index is 1.45. The normalized spacial score (nSPS) is 26.5. The Kier molecular flexibility index (Phi) is 5.00. The Bertz CT molecular complexity index is 785. The number of nitrogens with one attached hydrogen (secondary N) is 1. The van der Waals surface area contributed by atoms with Gasteiger partial charge in [-0.25, -0.2) is 0 Å². The number of aliphatic hydroxyl groups excluding tert-OH is 1. The third-order valence-electron chi connectivity index (χ3n) is 6.13. The van der Waals surface area contributed by atoms with Crippen LogP contribution in [0.3, 0.4) is 0 Å². The second-order valence-corrected chi connectivity index (χ2v) is 7.70. The van der Waals surface area contributed by atoms with Crippen LogP contribution in [0.25, 0.3) is 10.9 Å². The van der Waals surface area contributed by atoms with Crippen LogP contribution in [-0.4, -0.2) is 52.8 Å². The zero-order chi connectivity index (χ0) is 18.1. The molecule has 0 bridgehead atoms. The van der Waals surface area contributed by atoms with Gasteiger partial charge in [0.25, 0.3) is 0 Å². The third-order valence-corrected chi connectivity index (χ3v) is 6.13. The number of morpholine rings is 1. The minimum atomic E-state index is -0.298. The number of aromatic amines is 1. The van der Waals surface area contributed by atoms with Gasteiger partial charge >= 0.3 is 0 Å². The number of rotatable bonds is 4. The van der Waals surface area contributed by atoms with Crippen LogP contribution in [0, 0.1) is 12.8 Å². The number of carbonyl (C=O) groups is 1. The van der Waals surface area contributed by atoms with Gasteiger partial charge in [-0.3, -0.25) is 4.79 Å². The number of nitrogens with zero attached hydrogens (tertiary/aromatic N) is 1. The highest BCUT2D eigenvalue weighted by Crippen LogP contribution is 2.32. The van der Waals surface area contributed by atoms with Crippen LogP contribution in [-0.2, 0) is 16.0 Å². The maximum absolute atomic E-state index is 12.9. The van der Waals surface area contributed by atoms with Crippen LogP contribution < -0.4 is 0 Å². The van der Waals surface area contributed by atoms with Crippen molar-refractivity contribution in [1.29, 1.82) is 0 Å². The molecule has 2 heterocycles. The van der Waals surface area contributed by atoms with E-state index in [1.165, 1.54) is 16.5 Å². The molecule has 2 aromatic rings. The van der Waals surface area contributed by atoms with E-state index in [1.54, 1.807) is 0 Å². The number of aromatic nitrogens is 1. The van der Waals surface area contributed by atoms with Crippen LogP contribution >= 0.6 is 0 Å². The van der Waals surface area contributed by atoms with Gasteiger partial charge in [0.05, 0.1) is 25.4 Å². The fourth-order valence-electron chi connectivity index (χ4n) is 4.66. The van der Waals surface area contributed by atoms with E-state index in [4.69, 9.17) is 4.74 Å². The van der Waals surface area contributed by atoms with E-state index >= 15 is 0 Å². The molecule has 5 nitrogen and oxygen atoms in total. The number of aliphatic hydroxyl groups is 1. The molecule has 2 fully saturated rings. The van der Waals surface area contributed by atoms with E-state index < -0.39 is 0 Å². The molecule has 0 radical (unpaired) electrons. The Hall–Kier alpha value is -1.85. The van der Waals surface area contributed by atoms with Gasteiger partial charge in [-0.1, -0.05) is 24.6 Å². The van der Waals surface area contributed by atoms with Gasteiger partial charge in [0.1, 0.15) is 0 Å². The monoisotopic (exact) mass is 356 g/mol. The molecule has 3 atom stereocenters. The average molecular weight is 356 g/mol. The fraction of sp³-hybridized carbons (Fsp3) is 0.571. The molecule has 1 aromatic carbocycles. The van der Waals surface area contributed by atoms with Gasteiger partial charge in [-0.15, -0.1) is 0 Å². The third kappa shape index (κ3) is 3.26. The van der Waals surface area contributed by atoms with Crippen LogP contribution in [0.15, 0.2) is 24.4 Å². The summed E-state index contributed by atoms with van der Waals surface area (Å²) in [6.45, 7) is 3.88. The molecular formula is C21H28N2O3. The SMILES string of the molecule is Cc1cccc2c(CCC(=O)N3CCOC[C@@H]3[C@H]3CCC[C@@H]3O)c[nH]c12. The highest BCUT2D eigenvalue weighted by Gasteiger charge is 2.39. The maximum atomic E-state index is 12.9. The number of para-hydroxylation sites is 1. The molecule has 0 unspecified atom stereocenters. The van der Waals surface area contributed by atoms with Crippen molar-refractivity contribution >= 4 is 16.8 Å². The van der Waals surface area contributed by atoms with Gasteiger partial charge in [0.15, 0.2) is 0 Å². The van der Waals surface area contributed by atoms with Crippen LogP contribution in [0.4, 0.5) is 0 Å². The predicted molar refractivity (Wildman–Crippen MR) is 101 cm³/mol. The van der Waals surface area contributed by atoms with Gasteiger partial charge in [0.2, 0.25) is 5.91 Å². The molecule has 4 rings (SSSR count). The number of hydrogen-bond acceptors (Lipinski definition) is 3. The topological polar surface area (TPSA) is 65.6 Å². The quantitative estimate of drug-likeness (QED) is 0.885. The van der Waals surface area contributed by atoms with Crippen LogP contribution in [0.5, 0.6) is 0 Å². The first-order valence-electron chi connectivity index (χ1n) is 9.76. The smallest absolute Gasteiger partial charge is 0.223 e. The molecule has 1 saturated carbocycles. The maximum Gasteiger partial charge on any atom is 0.223 e. The molecule has 5 heteroatoms.